The van der Waals surface area contributed by atoms with Gasteiger partial charge < -0.3 is 0 Å². The van der Waals surface area contributed by atoms with Gasteiger partial charge in [0.25, 0.3) is 6.33 Å². The van der Waals surface area contributed by atoms with Gasteiger partial charge in [0.15, 0.2) is 5.52 Å². The fourth-order valence-corrected chi connectivity index (χ4v) is 6.87. The fraction of sp³-hybridized carbons (Fsp3) is 0.280. The van der Waals surface area contributed by atoms with Crippen LogP contribution in [-0.2, 0) is 13.5 Å². The third-order valence-corrected chi connectivity index (χ3v) is 8.16. The van der Waals surface area contributed by atoms with Gasteiger partial charge in [-0.2, -0.15) is 0 Å². The molecule has 4 aromatic rings. The summed E-state index contributed by atoms with van der Waals surface area (Å²) >= 11 is 0. The van der Waals surface area contributed by atoms with Gasteiger partial charge in [0.05, 0.1) is 12.4 Å². The molecule has 0 saturated carbocycles. The molecule has 2 heterocycles. The van der Waals surface area contributed by atoms with E-state index in [1.165, 1.54) is 49.2 Å². The van der Waals surface area contributed by atoms with E-state index in [-0.39, 0.29) is 0 Å². The van der Waals surface area contributed by atoms with Gasteiger partial charge in [0, 0.05) is 5.56 Å². The topological polar surface area (TPSA) is 16.8 Å². The molecule has 0 bridgehead atoms. The average Bonchev–Trinajstić information content (AvgIpc) is 2.67. The van der Waals surface area contributed by atoms with E-state index in [1.54, 1.807) is 0 Å². The van der Waals surface area contributed by atoms with Gasteiger partial charge in [0.1, 0.15) is 5.69 Å². The van der Waals surface area contributed by atoms with Crippen LogP contribution in [0.1, 0.15) is 25.0 Å². The maximum absolute atomic E-state index is 4.82. The summed E-state index contributed by atoms with van der Waals surface area (Å²) in [5.74, 6) is 0.647. The Morgan fingerprint density at radius 3 is 2.64 bits per heavy atom. The first-order chi connectivity index (χ1) is 13.5. The summed E-state index contributed by atoms with van der Waals surface area (Å²) in [5, 5.41) is 7.06. The zero-order chi connectivity index (χ0) is 19.6. The molecule has 5 rings (SSSR count). The third-order valence-electron chi connectivity index (χ3n) is 6.01. The van der Waals surface area contributed by atoms with Gasteiger partial charge in [-0.05, 0) is 89.5 Å². The maximum atomic E-state index is 4.82. The molecule has 1 atom stereocenters. The molecular weight excluding hydrogens is 359 g/mol. The summed E-state index contributed by atoms with van der Waals surface area (Å²) in [6.45, 7) is 9.29. The van der Waals surface area contributed by atoms with Crippen molar-refractivity contribution >= 4 is 40.2 Å². The van der Waals surface area contributed by atoms with Crippen molar-refractivity contribution in [3.8, 4) is 11.3 Å². The smallest absolute Gasteiger partial charge is 0.232 e. The molecule has 0 fully saturated rings. The largest absolute Gasteiger partial charge is 0.287 e. The van der Waals surface area contributed by atoms with Crippen LogP contribution in [0.2, 0.25) is 0 Å². The SMILES string of the molecule is Cc1c2c(cc3ccccc13)P(C)c1cc(CC(C)C)cc3nc[n+](C)c-2c13. The molecule has 1 aliphatic heterocycles. The van der Waals surface area contributed by atoms with Crippen LogP contribution in [0, 0.1) is 12.8 Å². The lowest BCUT2D eigenvalue weighted by molar-refractivity contribution is -0.662. The average molecular weight is 385 g/mol. The monoisotopic (exact) mass is 385 g/mol. The van der Waals surface area contributed by atoms with Crippen LogP contribution >= 0.6 is 7.92 Å². The van der Waals surface area contributed by atoms with Crippen molar-refractivity contribution in [3.63, 3.8) is 0 Å². The highest BCUT2D eigenvalue weighted by Crippen LogP contribution is 2.45. The summed E-state index contributed by atoms with van der Waals surface area (Å²) in [6, 6.07) is 16.0. The number of aryl methyl sites for hydroxylation is 2. The maximum Gasteiger partial charge on any atom is 0.287 e. The predicted octanol–water partition coefficient (Wildman–Crippen LogP) is 4.76. The minimum atomic E-state index is -0.409. The van der Waals surface area contributed by atoms with Crippen LogP contribution in [0.25, 0.3) is 32.9 Å². The Bertz CT molecular complexity index is 1260. The highest BCUT2D eigenvalue weighted by atomic mass is 31.1. The lowest BCUT2D eigenvalue weighted by Gasteiger charge is -2.27. The first kappa shape index (κ1) is 17.8. The summed E-state index contributed by atoms with van der Waals surface area (Å²) in [4.78, 5) is 4.82. The van der Waals surface area contributed by atoms with E-state index >= 15 is 0 Å². The number of rotatable bonds is 2. The van der Waals surface area contributed by atoms with Crippen LogP contribution in [0.5, 0.6) is 0 Å². The van der Waals surface area contributed by atoms with E-state index < -0.39 is 7.92 Å². The summed E-state index contributed by atoms with van der Waals surface area (Å²) < 4.78 is 2.22. The lowest BCUT2D eigenvalue weighted by Crippen LogP contribution is -2.37. The second kappa shape index (κ2) is 6.36. The summed E-state index contributed by atoms with van der Waals surface area (Å²) in [5.41, 5.74) is 6.71. The first-order valence-corrected chi connectivity index (χ1v) is 11.8. The molecule has 0 amide bonds. The molecule has 0 spiro atoms. The molecule has 3 aromatic carbocycles. The quantitative estimate of drug-likeness (QED) is 0.359. The number of fused-ring (bicyclic) bond motifs is 3. The van der Waals surface area contributed by atoms with Crippen molar-refractivity contribution in [2.24, 2.45) is 13.0 Å². The molecule has 0 radical (unpaired) electrons. The highest BCUT2D eigenvalue weighted by molar-refractivity contribution is 7.73. The van der Waals surface area contributed by atoms with Gasteiger partial charge in [-0.1, -0.05) is 38.1 Å². The first-order valence-electron chi connectivity index (χ1n) is 10.0. The highest BCUT2D eigenvalue weighted by Gasteiger charge is 2.32. The standard InChI is InChI=1S/C25H26N2P/c1-15(2)10-17-11-20-24-21(12-17)28(5)22-13-18-8-6-7-9-19(18)16(3)23(22)25(24)27(4)14-26-20/h6-9,11-15H,10H2,1-5H3/q+1. The van der Waals surface area contributed by atoms with Crippen LogP contribution in [0.3, 0.4) is 0 Å². The van der Waals surface area contributed by atoms with Crippen molar-refractivity contribution in [1.29, 1.82) is 0 Å². The van der Waals surface area contributed by atoms with Crippen molar-refractivity contribution in [1.82, 2.24) is 4.98 Å². The van der Waals surface area contributed by atoms with Gasteiger partial charge >= 0.3 is 0 Å². The Labute approximate surface area is 168 Å². The Hall–Kier alpha value is -2.31. The van der Waals surface area contributed by atoms with Crippen LogP contribution in [-0.4, -0.2) is 11.6 Å². The van der Waals surface area contributed by atoms with Crippen LogP contribution < -0.4 is 15.2 Å². The molecule has 2 nitrogen and oxygen atoms in total. The predicted molar refractivity (Wildman–Crippen MR) is 121 cm³/mol. The molecule has 0 saturated heterocycles. The molecule has 1 aromatic heterocycles. The number of aromatic nitrogens is 2. The number of hydrogen-bond acceptors (Lipinski definition) is 1. The molecular formula is C25H26N2P+. The number of benzene rings is 3. The number of hydrogen-bond donors (Lipinski definition) is 0. The Balaban J connectivity index is 1.92. The van der Waals surface area contributed by atoms with Gasteiger partial charge in [-0.25, -0.2) is 4.57 Å². The fourth-order valence-electron chi connectivity index (χ4n) is 4.75. The van der Waals surface area contributed by atoms with Crippen molar-refractivity contribution in [2.45, 2.75) is 27.2 Å². The summed E-state index contributed by atoms with van der Waals surface area (Å²) in [7, 11) is 1.73. The Morgan fingerprint density at radius 2 is 1.86 bits per heavy atom. The number of nitrogens with zero attached hydrogens (tertiary/aromatic N) is 2. The van der Waals surface area contributed by atoms with Crippen LogP contribution in [0.4, 0.5) is 0 Å². The molecule has 0 N–H and O–H groups in total. The molecule has 1 unspecified atom stereocenters. The van der Waals surface area contributed by atoms with Gasteiger partial charge in [0.2, 0.25) is 0 Å². The van der Waals surface area contributed by atoms with E-state index in [1.807, 2.05) is 6.33 Å². The van der Waals surface area contributed by atoms with E-state index in [0.717, 1.165) is 11.9 Å². The van der Waals surface area contributed by atoms with Crippen molar-refractivity contribution in [3.05, 3.63) is 59.9 Å². The zero-order valence-electron chi connectivity index (χ0n) is 17.2. The van der Waals surface area contributed by atoms with Crippen LogP contribution in [0.15, 0.2) is 48.8 Å². The molecule has 3 heteroatoms. The molecule has 1 aliphatic rings. The van der Waals surface area contributed by atoms with E-state index in [9.17, 15) is 0 Å². The van der Waals surface area contributed by atoms with E-state index in [0.29, 0.717) is 5.92 Å². The molecule has 0 aliphatic carbocycles. The molecule has 28 heavy (non-hydrogen) atoms. The van der Waals surface area contributed by atoms with Gasteiger partial charge in [-0.3, -0.25) is 0 Å². The van der Waals surface area contributed by atoms with E-state index in [4.69, 9.17) is 4.98 Å². The van der Waals surface area contributed by atoms with Gasteiger partial charge in [-0.15, -0.1) is 0 Å². The molecule has 140 valence electrons. The minimum Gasteiger partial charge on any atom is -0.232 e. The van der Waals surface area contributed by atoms with Crippen molar-refractivity contribution in [2.75, 3.05) is 6.66 Å². The van der Waals surface area contributed by atoms with Crippen molar-refractivity contribution < 1.29 is 4.57 Å². The summed E-state index contributed by atoms with van der Waals surface area (Å²) in [6.07, 6.45) is 3.09. The second-order valence-corrected chi connectivity index (χ2v) is 10.6. The second-order valence-electron chi connectivity index (χ2n) is 8.49. The minimum absolute atomic E-state index is 0.409. The normalized spacial score (nSPS) is 15.4. The Kier molecular flexibility index (Phi) is 4.03. The zero-order valence-corrected chi connectivity index (χ0v) is 18.1. The lowest BCUT2D eigenvalue weighted by atomic mass is 9.94. The third kappa shape index (κ3) is 2.51. The van der Waals surface area contributed by atoms with E-state index in [2.05, 4.69) is 81.5 Å². The Morgan fingerprint density at radius 1 is 1.07 bits per heavy atom.